The van der Waals surface area contributed by atoms with E-state index in [9.17, 15) is 24.0 Å². The van der Waals surface area contributed by atoms with Crippen molar-refractivity contribution in [3.63, 3.8) is 0 Å². The number of esters is 5. The normalized spacial score (nSPS) is 26.5. The summed E-state index contributed by atoms with van der Waals surface area (Å²) in [6.07, 6.45) is -2.95. The van der Waals surface area contributed by atoms with Gasteiger partial charge in [-0.2, -0.15) is 0 Å². The molecule has 0 amide bonds. The van der Waals surface area contributed by atoms with Crippen molar-refractivity contribution in [1.29, 1.82) is 0 Å². The third-order valence-electron chi connectivity index (χ3n) is 4.15. The van der Waals surface area contributed by atoms with Gasteiger partial charge < -0.3 is 23.7 Å². The van der Waals surface area contributed by atoms with Crippen LogP contribution >= 0.6 is 0 Å². The van der Waals surface area contributed by atoms with Gasteiger partial charge in [0.15, 0.2) is 6.10 Å². The van der Waals surface area contributed by atoms with Crippen LogP contribution in [0.1, 0.15) is 41.0 Å². The van der Waals surface area contributed by atoms with E-state index >= 15 is 0 Å². The van der Waals surface area contributed by atoms with E-state index in [4.69, 9.17) is 23.7 Å². The number of carbonyl (C=O) groups excluding carboxylic acids is 5. The monoisotopic (exact) mass is 402 g/mol. The molecule has 1 saturated carbocycles. The highest BCUT2D eigenvalue weighted by Gasteiger charge is 2.50. The molecule has 10 heteroatoms. The molecule has 28 heavy (non-hydrogen) atoms. The van der Waals surface area contributed by atoms with Crippen LogP contribution in [-0.4, -0.2) is 61.4 Å². The van der Waals surface area contributed by atoms with E-state index in [1.54, 1.807) is 0 Å². The predicted octanol–water partition coefficient (Wildman–Crippen LogP) is 0.544. The maximum Gasteiger partial charge on any atom is 0.303 e. The van der Waals surface area contributed by atoms with Gasteiger partial charge in [0.2, 0.25) is 0 Å². The molecule has 158 valence electrons. The van der Waals surface area contributed by atoms with E-state index in [0.29, 0.717) is 0 Å². The lowest BCUT2D eigenvalue weighted by molar-refractivity contribution is -0.209. The van der Waals surface area contributed by atoms with Gasteiger partial charge in [-0.05, 0) is 6.42 Å². The van der Waals surface area contributed by atoms with Gasteiger partial charge in [0.25, 0.3) is 0 Å². The molecule has 0 aromatic carbocycles. The Labute approximate surface area is 162 Å². The van der Waals surface area contributed by atoms with Gasteiger partial charge in [0.1, 0.15) is 12.2 Å². The standard InChI is InChI=1S/C18H26O10/c1-9(19)24-7-14-6-16(26-11(3)21)18(28-13(5)23)17(27-12(4)22)15(14)8-25-10(2)20/h14-18H,6-8H2,1-5H3/t14-,15-,16+,17+,18-/m1/s1. The van der Waals surface area contributed by atoms with Gasteiger partial charge in [-0.25, -0.2) is 0 Å². The maximum atomic E-state index is 11.7. The van der Waals surface area contributed by atoms with Crippen molar-refractivity contribution in [2.75, 3.05) is 13.2 Å². The topological polar surface area (TPSA) is 132 Å². The molecule has 0 aliphatic heterocycles. The molecule has 0 bridgehead atoms. The zero-order chi connectivity index (χ0) is 21.4. The van der Waals surface area contributed by atoms with E-state index < -0.39 is 60.0 Å². The van der Waals surface area contributed by atoms with Crippen LogP contribution in [0.3, 0.4) is 0 Å². The third kappa shape index (κ3) is 7.53. The first kappa shape index (κ1) is 23.4. The lowest BCUT2D eigenvalue weighted by Crippen LogP contribution is -2.57. The molecular formula is C18H26O10. The van der Waals surface area contributed by atoms with Crippen LogP contribution in [0.4, 0.5) is 0 Å². The summed E-state index contributed by atoms with van der Waals surface area (Å²) in [5.41, 5.74) is 0. The van der Waals surface area contributed by atoms with Gasteiger partial charge in [0, 0.05) is 46.5 Å². The summed E-state index contributed by atoms with van der Waals surface area (Å²) >= 11 is 0. The highest BCUT2D eigenvalue weighted by Crippen LogP contribution is 2.37. The van der Waals surface area contributed by atoms with Gasteiger partial charge in [-0.15, -0.1) is 0 Å². The zero-order valence-corrected chi connectivity index (χ0v) is 16.6. The van der Waals surface area contributed by atoms with Crippen molar-refractivity contribution >= 4 is 29.8 Å². The van der Waals surface area contributed by atoms with E-state index in [1.807, 2.05) is 0 Å². The Morgan fingerprint density at radius 2 is 1.11 bits per heavy atom. The van der Waals surface area contributed by atoms with Crippen molar-refractivity contribution in [3.8, 4) is 0 Å². The number of rotatable bonds is 7. The van der Waals surface area contributed by atoms with Crippen LogP contribution in [0.15, 0.2) is 0 Å². The van der Waals surface area contributed by atoms with E-state index in [1.165, 1.54) is 34.6 Å². The minimum atomic E-state index is -1.10. The quantitative estimate of drug-likeness (QED) is 0.439. The maximum absolute atomic E-state index is 11.7. The van der Waals surface area contributed by atoms with Gasteiger partial charge in [-0.1, -0.05) is 0 Å². The molecule has 0 aromatic heterocycles. The van der Waals surface area contributed by atoms with Crippen LogP contribution in [0.2, 0.25) is 0 Å². The number of hydrogen-bond donors (Lipinski definition) is 0. The Morgan fingerprint density at radius 3 is 1.57 bits per heavy atom. The van der Waals surface area contributed by atoms with Gasteiger partial charge in [-0.3, -0.25) is 24.0 Å². The summed E-state index contributed by atoms with van der Waals surface area (Å²) in [7, 11) is 0. The SMILES string of the molecule is CC(=O)OC[C@H]1C[C@H](OC(C)=O)[C@@H](OC(C)=O)[C@@H](OC(C)=O)[C@@H]1COC(C)=O. The van der Waals surface area contributed by atoms with E-state index in [0.717, 1.165) is 0 Å². The minimum absolute atomic E-state index is 0.0798. The number of carbonyl (C=O) groups is 5. The van der Waals surface area contributed by atoms with E-state index in [-0.39, 0.29) is 19.6 Å². The first-order valence-electron chi connectivity index (χ1n) is 8.79. The second kappa shape index (κ2) is 10.6. The lowest BCUT2D eigenvalue weighted by atomic mass is 9.74. The van der Waals surface area contributed by atoms with Crippen molar-refractivity contribution in [2.45, 2.75) is 59.4 Å². The molecule has 0 saturated heterocycles. The van der Waals surface area contributed by atoms with Crippen LogP contribution in [0.5, 0.6) is 0 Å². The Balaban J connectivity index is 3.27. The van der Waals surface area contributed by atoms with E-state index in [2.05, 4.69) is 0 Å². The number of ether oxygens (including phenoxy) is 5. The zero-order valence-electron chi connectivity index (χ0n) is 16.6. The molecule has 0 aromatic rings. The average molecular weight is 402 g/mol. The van der Waals surface area contributed by atoms with Crippen molar-refractivity contribution in [1.82, 2.24) is 0 Å². The highest BCUT2D eigenvalue weighted by molar-refractivity contribution is 5.69. The Morgan fingerprint density at radius 1 is 0.643 bits per heavy atom. The Bertz CT molecular complexity index is 613. The molecule has 10 nitrogen and oxygen atoms in total. The van der Waals surface area contributed by atoms with Crippen LogP contribution in [-0.2, 0) is 47.7 Å². The minimum Gasteiger partial charge on any atom is -0.466 e. The third-order valence-corrected chi connectivity index (χ3v) is 4.15. The smallest absolute Gasteiger partial charge is 0.303 e. The first-order valence-corrected chi connectivity index (χ1v) is 8.79. The molecular weight excluding hydrogens is 376 g/mol. The Hall–Kier alpha value is -2.65. The molecule has 1 aliphatic rings. The van der Waals surface area contributed by atoms with Gasteiger partial charge in [0.05, 0.1) is 13.2 Å². The summed E-state index contributed by atoms with van der Waals surface area (Å²) in [5, 5.41) is 0. The van der Waals surface area contributed by atoms with Crippen LogP contribution < -0.4 is 0 Å². The predicted molar refractivity (Wildman–Crippen MR) is 91.5 cm³/mol. The molecule has 0 spiro atoms. The summed E-state index contributed by atoms with van der Waals surface area (Å²) in [6, 6.07) is 0. The van der Waals surface area contributed by atoms with Crippen molar-refractivity contribution < 1.29 is 47.7 Å². The summed E-state index contributed by atoms with van der Waals surface area (Å²) < 4.78 is 26.1. The van der Waals surface area contributed by atoms with Crippen LogP contribution in [0.25, 0.3) is 0 Å². The van der Waals surface area contributed by atoms with Crippen molar-refractivity contribution in [2.24, 2.45) is 11.8 Å². The molecule has 0 heterocycles. The molecule has 1 aliphatic carbocycles. The molecule has 0 unspecified atom stereocenters. The second-order valence-electron chi connectivity index (χ2n) is 6.56. The number of hydrogen-bond acceptors (Lipinski definition) is 10. The molecule has 1 rings (SSSR count). The summed E-state index contributed by atoms with van der Waals surface area (Å²) in [4.78, 5) is 57.3. The molecule has 0 N–H and O–H groups in total. The summed E-state index contributed by atoms with van der Waals surface area (Å²) in [5.74, 6) is -4.16. The van der Waals surface area contributed by atoms with Gasteiger partial charge >= 0.3 is 29.8 Å². The molecule has 0 radical (unpaired) electrons. The molecule has 1 fully saturated rings. The fraction of sp³-hybridized carbons (Fsp3) is 0.722. The second-order valence-corrected chi connectivity index (χ2v) is 6.56. The van der Waals surface area contributed by atoms with Crippen LogP contribution in [0, 0.1) is 11.8 Å². The average Bonchev–Trinajstić information content (AvgIpc) is 2.53. The highest BCUT2D eigenvalue weighted by atomic mass is 16.6. The Kier molecular flexibility index (Phi) is 8.87. The summed E-state index contributed by atoms with van der Waals surface area (Å²) in [6.45, 7) is 5.74. The fourth-order valence-corrected chi connectivity index (χ4v) is 3.20. The van der Waals surface area contributed by atoms with Crippen molar-refractivity contribution in [3.05, 3.63) is 0 Å². The largest absolute Gasteiger partial charge is 0.466 e. The fourth-order valence-electron chi connectivity index (χ4n) is 3.20. The first-order chi connectivity index (χ1) is 13.0. The lowest BCUT2D eigenvalue weighted by Gasteiger charge is -2.44. The molecule has 5 atom stereocenters.